The lowest BCUT2D eigenvalue weighted by Crippen LogP contribution is -2.31. The van der Waals surface area contributed by atoms with E-state index in [4.69, 9.17) is 4.99 Å². The fourth-order valence-electron chi connectivity index (χ4n) is 4.20. The summed E-state index contributed by atoms with van der Waals surface area (Å²) < 4.78 is 0. The van der Waals surface area contributed by atoms with Crippen LogP contribution in [0.1, 0.15) is 30.0 Å². The molecule has 0 saturated carbocycles. The number of carbonyl (C=O) groups is 1. The van der Waals surface area contributed by atoms with E-state index < -0.39 is 0 Å². The Balaban J connectivity index is 1.74. The topological polar surface area (TPSA) is 95.7 Å². The number of carbonyl (C=O) groups excluding carboxylic acids is 1. The highest BCUT2D eigenvalue weighted by Crippen LogP contribution is 2.32. The number of rotatable bonds is 8. The highest BCUT2D eigenvalue weighted by molar-refractivity contribution is 6.22. The van der Waals surface area contributed by atoms with Crippen LogP contribution in [0.2, 0.25) is 0 Å². The van der Waals surface area contributed by atoms with Crippen LogP contribution in [0.5, 0.6) is 5.88 Å². The van der Waals surface area contributed by atoms with Crippen molar-refractivity contribution < 1.29 is 9.90 Å². The molecule has 1 amide bonds. The highest BCUT2D eigenvalue weighted by Gasteiger charge is 2.19. The van der Waals surface area contributed by atoms with Crippen molar-refractivity contribution in [1.29, 1.82) is 5.26 Å². The minimum Gasteiger partial charge on any atom is -0.494 e. The van der Waals surface area contributed by atoms with Crippen molar-refractivity contribution in [1.82, 2.24) is 9.88 Å². The van der Waals surface area contributed by atoms with Gasteiger partial charge in [0.25, 0.3) is 0 Å². The second-order valence-corrected chi connectivity index (χ2v) is 8.89. The number of H-pyrrole nitrogens is 1. The first-order valence-electron chi connectivity index (χ1n) is 11.8. The van der Waals surface area contributed by atoms with Crippen LogP contribution < -0.4 is 4.90 Å². The molecule has 7 nitrogen and oxygen atoms in total. The fraction of sp³-hybridized carbons (Fsp3) is 0.207. The van der Waals surface area contributed by atoms with E-state index in [1.807, 2.05) is 74.8 Å². The van der Waals surface area contributed by atoms with Gasteiger partial charge < -0.3 is 19.9 Å². The van der Waals surface area contributed by atoms with Gasteiger partial charge in [0.1, 0.15) is 0 Å². The number of anilines is 1. The Bertz CT molecular complexity index is 1430. The predicted octanol–water partition coefficient (Wildman–Crippen LogP) is 5.22. The Kier molecular flexibility index (Phi) is 7.47. The lowest BCUT2D eigenvalue weighted by atomic mass is 10.00. The number of hydrogen-bond donors (Lipinski definition) is 2. The monoisotopic (exact) mass is 479 g/mol. The van der Waals surface area contributed by atoms with E-state index in [-0.39, 0.29) is 11.8 Å². The molecule has 2 N–H and O–H groups in total. The molecule has 0 spiro atoms. The van der Waals surface area contributed by atoms with Crippen molar-refractivity contribution >= 4 is 33.9 Å². The van der Waals surface area contributed by atoms with Gasteiger partial charge in [-0.3, -0.25) is 4.79 Å². The van der Waals surface area contributed by atoms with Gasteiger partial charge >= 0.3 is 0 Å². The summed E-state index contributed by atoms with van der Waals surface area (Å²) in [6.45, 7) is 3.11. The van der Waals surface area contributed by atoms with Crippen molar-refractivity contribution in [3.63, 3.8) is 0 Å². The first-order chi connectivity index (χ1) is 17.4. The van der Waals surface area contributed by atoms with Gasteiger partial charge in [-0.1, -0.05) is 36.4 Å². The molecule has 0 saturated heterocycles. The number of amides is 1. The third kappa shape index (κ3) is 5.45. The van der Waals surface area contributed by atoms with Gasteiger partial charge in [0, 0.05) is 30.1 Å². The second-order valence-electron chi connectivity index (χ2n) is 8.89. The molecule has 0 bridgehead atoms. The van der Waals surface area contributed by atoms with E-state index in [1.54, 1.807) is 24.0 Å². The molecule has 0 radical (unpaired) electrons. The third-order valence-corrected chi connectivity index (χ3v) is 5.96. The van der Waals surface area contributed by atoms with Gasteiger partial charge in [-0.25, -0.2) is 4.99 Å². The number of nitriles is 1. The summed E-state index contributed by atoms with van der Waals surface area (Å²) >= 11 is 0. The summed E-state index contributed by atoms with van der Waals surface area (Å²) in [6.07, 6.45) is 0.873. The summed E-state index contributed by atoms with van der Waals surface area (Å²) in [5.41, 5.74) is 4.69. The Morgan fingerprint density at radius 3 is 2.39 bits per heavy atom. The Morgan fingerprint density at radius 2 is 1.75 bits per heavy atom. The highest BCUT2D eigenvalue weighted by atomic mass is 16.3. The minimum atomic E-state index is -0.0111. The second kappa shape index (κ2) is 10.9. The molecule has 0 aliphatic heterocycles. The van der Waals surface area contributed by atoms with Crippen LogP contribution in [0.3, 0.4) is 0 Å². The van der Waals surface area contributed by atoms with E-state index in [9.17, 15) is 15.2 Å². The van der Waals surface area contributed by atoms with Crippen molar-refractivity contribution in [3.8, 4) is 11.9 Å². The molecule has 0 aliphatic rings. The standard InChI is InChI=1S/C29H29N5O2/c1-20(35)34(17-7-16-33(2)3)24-13-11-23(12-14-24)31-28(22-8-5-4-6-9-22)27-25-15-10-21(19-30)18-26(25)32-29(27)36/h4-6,8-15,18,32,36H,7,16-17H2,1-3H3. The quantitative estimate of drug-likeness (QED) is 0.339. The van der Waals surface area contributed by atoms with Gasteiger partial charge in [0.2, 0.25) is 5.91 Å². The maximum atomic E-state index is 12.3. The average Bonchev–Trinajstić information content (AvgIpc) is 3.20. The molecule has 1 aromatic heterocycles. The van der Waals surface area contributed by atoms with Gasteiger partial charge in [-0.15, -0.1) is 0 Å². The van der Waals surface area contributed by atoms with Crippen LogP contribution in [-0.2, 0) is 4.79 Å². The predicted molar refractivity (Wildman–Crippen MR) is 144 cm³/mol. The summed E-state index contributed by atoms with van der Waals surface area (Å²) in [4.78, 5) is 24.0. The van der Waals surface area contributed by atoms with Crippen molar-refractivity contribution in [2.75, 3.05) is 32.1 Å². The summed E-state index contributed by atoms with van der Waals surface area (Å²) in [5.74, 6) is -0.0154. The maximum Gasteiger partial charge on any atom is 0.223 e. The van der Waals surface area contributed by atoms with Crippen LogP contribution >= 0.6 is 0 Å². The number of aliphatic imine (C=N–C) groups is 1. The molecular formula is C29H29N5O2. The maximum absolute atomic E-state index is 12.3. The Hall–Kier alpha value is -4.41. The van der Waals surface area contributed by atoms with Crippen LogP contribution in [-0.4, -0.2) is 53.8 Å². The van der Waals surface area contributed by atoms with Gasteiger partial charge in [-0.05, 0) is 63.5 Å². The number of hydrogen-bond acceptors (Lipinski definition) is 5. The van der Waals surface area contributed by atoms with Crippen LogP contribution in [0, 0.1) is 11.3 Å². The lowest BCUT2D eigenvalue weighted by Gasteiger charge is -2.22. The molecule has 4 rings (SSSR count). The van der Waals surface area contributed by atoms with E-state index in [2.05, 4.69) is 16.0 Å². The van der Waals surface area contributed by atoms with E-state index in [1.165, 1.54) is 0 Å². The Labute approximate surface area is 210 Å². The number of benzene rings is 3. The zero-order valence-electron chi connectivity index (χ0n) is 20.7. The SMILES string of the molecule is CC(=O)N(CCCN(C)C)c1ccc(N=C(c2ccccc2)c2c(O)[nH]c3cc(C#N)ccc23)cc1. The Morgan fingerprint density at radius 1 is 1.03 bits per heavy atom. The molecule has 3 aromatic carbocycles. The number of nitrogens with one attached hydrogen (secondary N) is 1. The average molecular weight is 480 g/mol. The van der Waals surface area contributed by atoms with E-state index in [0.29, 0.717) is 34.6 Å². The minimum absolute atomic E-state index is 0.00423. The van der Waals surface area contributed by atoms with Crippen molar-refractivity contribution in [3.05, 3.63) is 89.5 Å². The normalized spacial score (nSPS) is 11.6. The molecule has 1 heterocycles. The molecule has 0 atom stereocenters. The number of aromatic hydroxyl groups is 1. The van der Waals surface area contributed by atoms with Crippen molar-refractivity contribution in [2.24, 2.45) is 4.99 Å². The van der Waals surface area contributed by atoms with Crippen LogP contribution in [0.15, 0.2) is 77.8 Å². The molecule has 4 aromatic rings. The van der Waals surface area contributed by atoms with E-state index >= 15 is 0 Å². The molecular weight excluding hydrogens is 450 g/mol. The van der Waals surface area contributed by atoms with Crippen LogP contribution in [0.25, 0.3) is 10.9 Å². The zero-order valence-corrected chi connectivity index (χ0v) is 20.7. The zero-order chi connectivity index (χ0) is 25.7. The number of fused-ring (bicyclic) bond motifs is 1. The summed E-state index contributed by atoms with van der Waals surface area (Å²) in [7, 11) is 4.03. The first kappa shape index (κ1) is 24.7. The third-order valence-electron chi connectivity index (χ3n) is 5.96. The number of aromatic nitrogens is 1. The lowest BCUT2D eigenvalue weighted by molar-refractivity contribution is -0.116. The van der Waals surface area contributed by atoms with Gasteiger partial charge in [-0.2, -0.15) is 5.26 Å². The molecule has 0 unspecified atom stereocenters. The summed E-state index contributed by atoms with van der Waals surface area (Å²) in [6, 6.07) is 24.6. The smallest absolute Gasteiger partial charge is 0.223 e. The van der Waals surface area contributed by atoms with Gasteiger partial charge in [0.05, 0.1) is 34.1 Å². The molecule has 182 valence electrons. The van der Waals surface area contributed by atoms with Gasteiger partial charge in [0.15, 0.2) is 5.88 Å². The van der Waals surface area contributed by atoms with E-state index in [0.717, 1.165) is 29.6 Å². The summed E-state index contributed by atoms with van der Waals surface area (Å²) in [5, 5.41) is 20.9. The first-order valence-corrected chi connectivity index (χ1v) is 11.8. The molecule has 7 heteroatoms. The fourth-order valence-corrected chi connectivity index (χ4v) is 4.20. The molecule has 0 fully saturated rings. The van der Waals surface area contributed by atoms with Crippen LogP contribution in [0.4, 0.5) is 11.4 Å². The largest absolute Gasteiger partial charge is 0.494 e. The number of nitrogens with zero attached hydrogens (tertiary/aromatic N) is 4. The molecule has 36 heavy (non-hydrogen) atoms. The van der Waals surface area contributed by atoms with Crippen molar-refractivity contribution in [2.45, 2.75) is 13.3 Å². The number of aromatic amines is 1. The molecule has 0 aliphatic carbocycles.